The van der Waals surface area contributed by atoms with E-state index in [1.807, 2.05) is 30.3 Å². The second kappa shape index (κ2) is 5.53. The smallest absolute Gasteiger partial charge is 0.308 e. The van der Waals surface area contributed by atoms with Crippen LogP contribution < -0.4 is 5.44 Å². The molecule has 100 valence electrons. The minimum Gasteiger partial charge on any atom is -0.308 e. The topological polar surface area (TPSA) is 64.2 Å². The molecule has 0 radical (unpaired) electrons. The highest BCUT2D eigenvalue weighted by molar-refractivity contribution is 7.62. The lowest BCUT2D eigenvalue weighted by atomic mass is 10.1. The molecule has 0 aliphatic heterocycles. The second-order valence-corrected chi connectivity index (χ2v) is 5.94. The molecule has 0 saturated heterocycles. The largest absolute Gasteiger partial charge is 0.379 e. The first-order chi connectivity index (χ1) is 9.16. The van der Waals surface area contributed by atoms with E-state index in [0.717, 1.165) is 5.56 Å². The van der Waals surface area contributed by atoms with Gasteiger partial charge in [-0.3, -0.25) is 9.66 Å². The van der Waals surface area contributed by atoms with E-state index in [0.29, 0.717) is 16.7 Å². The Morgan fingerprint density at radius 2 is 1.89 bits per heavy atom. The van der Waals surface area contributed by atoms with Crippen LogP contribution in [0.25, 0.3) is 17.2 Å². The van der Waals surface area contributed by atoms with Crippen LogP contribution in [0.5, 0.6) is 0 Å². The predicted octanol–water partition coefficient (Wildman–Crippen LogP) is 2.83. The van der Waals surface area contributed by atoms with Gasteiger partial charge in [0.1, 0.15) is 0 Å². The summed E-state index contributed by atoms with van der Waals surface area (Å²) in [4.78, 5) is 0. The minimum atomic E-state index is -3.39. The van der Waals surface area contributed by atoms with Crippen molar-refractivity contribution in [1.29, 1.82) is 0 Å². The highest BCUT2D eigenvalue weighted by atomic mass is 31.2. The van der Waals surface area contributed by atoms with Gasteiger partial charge in [-0.1, -0.05) is 36.9 Å². The zero-order chi connectivity index (χ0) is 13.9. The first kappa shape index (κ1) is 13.7. The van der Waals surface area contributed by atoms with Gasteiger partial charge in [-0.2, -0.15) is 5.10 Å². The Kier molecular flexibility index (Phi) is 4.00. The van der Waals surface area contributed by atoms with Crippen molar-refractivity contribution in [2.45, 2.75) is 0 Å². The van der Waals surface area contributed by atoms with Crippen LogP contribution in [0.3, 0.4) is 0 Å². The van der Waals surface area contributed by atoms with Crippen molar-refractivity contribution in [2.24, 2.45) is 0 Å². The van der Waals surface area contributed by atoms with E-state index in [1.165, 1.54) is 14.2 Å². The first-order valence-electron chi connectivity index (χ1n) is 5.64. The molecule has 0 spiro atoms. The molecule has 0 saturated carbocycles. The van der Waals surface area contributed by atoms with E-state index >= 15 is 0 Å². The van der Waals surface area contributed by atoms with Gasteiger partial charge < -0.3 is 9.05 Å². The van der Waals surface area contributed by atoms with E-state index in [-0.39, 0.29) is 0 Å². The number of hydrogen-bond acceptors (Lipinski definition) is 4. The van der Waals surface area contributed by atoms with Crippen molar-refractivity contribution >= 4 is 19.1 Å². The maximum absolute atomic E-state index is 12.5. The third-order valence-corrected chi connectivity index (χ3v) is 4.62. The Morgan fingerprint density at radius 1 is 1.26 bits per heavy atom. The molecule has 1 heterocycles. The first-order valence-corrected chi connectivity index (χ1v) is 7.19. The predicted molar refractivity (Wildman–Crippen MR) is 75.4 cm³/mol. The molecule has 2 aromatic rings. The summed E-state index contributed by atoms with van der Waals surface area (Å²) in [7, 11) is -0.713. The van der Waals surface area contributed by atoms with Crippen LogP contribution in [0, 0.1) is 0 Å². The van der Waals surface area contributed by atoms with Crippen molar-refractivity contribution in [3.63, 3.8) is 0 Å². The second-order valence-electron chi connectivity index (χ2n) is 3.77. The normalized spacial score (nSPS) is 11.5. The van der Waals surface area contributed by atoms with Gasteiger partial charge in [0, 0.05) is 19.8 Å². The van der Waals surface area contributed by atoms with Crippen molar-refractivity contribution in [1.82, 2.24) is 10.2 Å². The average molecular weight is 278 g/mol. The van der Waals surface area contributed by atoms with Crippen molar-refractivity contribution < 1.29 is 13.6 Å². The summed E-state index contributed by atoms with van der Waals surface area (Å²) in [5.41, 5.74) is 2.49. The lowest BCUT2D eigenvalue weighted by Gasteiger charge is -2.13. The summed E-state index contributed by atoms with van der Waals surface area (Å²) in [6, 6.07) is 9.49. The van der Waals surface area contributed by atoms with Gasteiger partial charge in [-0.25, -0.2) is 0 Å². The molecular weight excluding hydrogens is 263 g/mol. The van der Waals surface area contributed by atoms with Crippen LogP contribution in [0.1, 0.15) is 5.69 Å². The highest BCUT2D eigenvalue weighted by Gasteiger charge is 2.32. The van der Waals surface area contributed by atoms with Gasteiger partial charge in [-0.15, -0.1) is 0 Å². The van der Waals surface area contributed by atoms with Crippen LogP contribution in [0.4, 0.5) is 0 Å². The van der Waals surface area contributed by atoms with E-state index in [1.54, 1.807) is 6.08 Å². The standard InChI is InChI=1S/C13H15N2O3P/c1-4-11-12(10-8-6-5-7-9-10)13(15-14-11)19(16,17-2)18-3/h4-9H,1H2,2-3H3,(H,14,15). The van der Waals surface area contributed by atoms with Crippen LogP contribution in [0.2, 0.25) is 0 Å². The molecular formula is C13H15N2O3P. The van der Waals surface area contributed by atoms with Gasteiger partial charge in [0.15, 0.2) is 5.44 Å². The number of hydrogen-bond donors (Lipinski definition) is 1. The fraction of sp³-hybridized carbons (Fsp3) is 0.154. The summed E-state index contributed by atoms with van der Waals surface area (Å²) in [5.74, 6) is 0. The third kappa shape index (κ3) is 2.40. The molecule has 1 N–H and O–H groups in total. The Hall–Kier alpha value is -1.68. The molecule has 0 aliphatic rings. The molecule has 0 amide bonds. The van der Waals surface area contributed by atoms with E-state index < -0.39 is 7.60 Å². The van der Waals surface area contributed by atoms with E-state index in [2.05, 4.69) is 16.8 Å². The van der Waals surface area contributed by atoms with Gasteiger partial charge in [0.25, 0.3) is 0 Å². The maximum Gasteiger partial charge on any atom is 0.379 e. The molecule has 1 aromatic heterocycles. The number of aromatic nitrogens is 2. The lowest BCUT2D eigenvalue weighted by Crippen LogP contribution is -2.12. The van der Waals surface area contributed by atoms with E-state index in [9.17, 15) is 4.57 Å². The number of nitrogens with zero attached hydrogens (tertiary/aromatic N) is 1. The number of benzene rings is 1. The fourth-order valence-corrected chi connectivity index (χ4v) is 3.04. The average Bonchev–Trinajstić information content (AvgIpc) is 2.91. The summed E-state index contributed by atoms with van der Waals surface area (Å²) < 4.78 is 22.6. The molecule has 2 rings (SSSR count). The lowest BCUT2D eigenvalue weighted by molar-refractivity contribution is 0.286. The summed E-state index contributed by atoms with van der Waals surface area (Å²) >= 11 is 0. The zero-order valence-corrected chi connectivity index (χ0v) is 11.7. The highest BCUT2D eigenvalue weighted by Crippen LogP contribution is 2.47. The molecule has 0 unspecified atom stereocenters. The van der Waals surface area contributed by atoms with Crippen LogP contribution in [-0.2, 0) is 13.6 Å². The number of nitrogens with one attached hydrogen (secondary N) is 1. The molecule has 0 fully saturated rings. The molecule has 1 aromatic carbocycles. The van der Waals surface area contributed by atoms with Crippen molar-refractivity contribution in [3.05, 3.63) is 42.6 Å². The Morgan fingerprint density at radius 3 is 2.42 bits per heavy atom. The van der Waals surface area contributed by atoms with E-state index in [4.69, 9.17) is 9.05 Å². The summed E-state index contributed by atoms with van der Waals surface area (Å²) in [6.45, 7) is 3.71. The van der Waals surface area contributed by atoms with Gasteiger partial charge in [0.2, 0.25) is 0 Å². The van der Waals surface area contributed by atoms with Gasteiger partial charge in [-0.05, 0) is 11.6 Å². The number of H-pyrrole nitrogens is 1. The van der Waals surface area contributed by atoms with Crippen molar-refractivity contribution in [2.75, 3.05) is 14.2 Å². The molecule has 19 heavy (non-hydrogen) atoms. The van der Waals surface area contributed by atoms with Gasteiger partial charge >= 0.3 is 7.60 Å². The molecule has 0 atom stereocenters. The van der Waals surface area contributed by atoms with Crippen LogP contribution in [0.15, 0.2) is 36.9 Å². The summed E-state index contributed by atoms with van der Waals surface area (Å²) in [6.07, 6.45) is 1.60. The van der Waals surface area contributed by atoms with Crippen LogP contribution >= 0.6 is 7.60 Å². The Labute approximate surface area is 111 Å². The maximum atomic E-state index is 12.5. The molecule has 5 nitrogen and oxygen atoms in total. The fourth-order valence-electron chi connectivity index (χ4n) is 1.84. The zero-order valence-electron chi connectivity index (χ0n) is 10.8. The van der Waals surface area contributed by atoms with Crippen molar-refractivity contribution in [3.8, 4) is 11.1 Å². The van der Waals surface area contributed by atoms with Crippen LogP contribution in [-0.4, -0.2) is 24.4 Å². The Bertz CT molecular complexity index is 614. The quantitative estimate of drug-likeness (QED) is 0.854. The Balaban J connectivity index is 2.69. The summed E-state index contributed by atoms with van der Waals surface area (Å²) in [5, 5.41) is 6.83. The SMILES string of the molecule is C=Cc1n[nH]c(P(=O)(OC)OC)c1-c1ccccc1. The monoisotopic (exact) mass is 278 g/mol. The number of rotatable bonds is 5. The minimum absolute atomic E-state index is 0.332. The molecule has 6 heteroatoms. The van der Waals surface area contributed by atoms with Gasteiger partial charge in [0.05, 0.1) is 5.69 Å². The molecule has 0 bridgehead atoms. The number of aromatic amines is 1. The third-order valence-electron chi connectivity index (χ3n) is 2.79. The molecule has 0 aliphatic carbocycles.